The van der Waals surface area contributed by atoms with E-state index in [0.717, 1.165) is 33.6 Å². The molecule has 0 amide bonds. The number of aryl methyl sites for hydroxylation is 1. The van der Waals surface area contributed by atoms with Crippen molar-refractivity contribution >= 4 is 16.6 Å². The van der Waals surface area contributed by atoms with Gasteiger partial charge in [0, 0.05) is 10.9 Å². The monoisotopic (exact) mass is 277 g/mol. The Balaban J connectivity index is 1.86. The average molecular weight is 277 g/mol. The zero-order valence-corrected chi connectivity index (χ0v) is 11.9. The third kappa shape index (κ3) is 1.88. The molecule has 21 heavy (non-hydrogen) atoms. The molecule has 1 N–H and O–H groups in total. The molecule has 0 aliphatic heterocycles. The summed E-state index contributed by atoms with van der Waals surface area (Å²) in [6.07, 6.45) is 2.02. The fourth-order valence-electron chi connectivity index (χ4n) is 2.63. The van der Waals surface area contributed by atoms with Crippen LogP contribution in [-0.2, 0) is 0 Å². The van der Waals surface area contributed by atoms with Crippen LogP contribution >= 0.6 is 0 Å². The van der Waals surface area contributed by atoms with Crippen LogP contribution in [0.5, 0.6) is 5.75 Å². The Hall–Kier alpha value is -2.75. The molecule has 2 heterocycles. The number of nitrogens with zero attached hydrogens (tertiary/aromatic N) is 2. The smallest absolute Gasteiger partial charge is 0.161 e. The van der Waals surface area contributed by atoms with Gasteiger partial charge in [0.1, 0.15) is 5.75 Å². The molecule has 0 unspecified atom stereocenters. The molecule has 0 fully saturated rings. The lowest BCUT2D eigenvalue weighted by Gasteiger charge is -2.00. The molecule has 0 atom stereocenters. The zero-order chi connectivity index (χ0) is 14.4. The normalized spacial score (nSPS) is 11.3. The lowest BCUT2D eigenvalue weighted by atomic mass is 10.1. The summed E-state index contributed by atoms with van der Waals surface area (Å²) < 4.78 is 7.16. The lowest BCUT2D eigenvalue weighted by molar-refractivity contribution is 0.415. The predicted molar refractivity (Wildman–Crippen MR) is 83.8 cm³/mol. The van der Waals surface area contributed by atoms with Crippen molar-refractivity contribution < 1.29 is 4.74 Å². The number of hydrogen-bond donors (Lipinski definition) is 1. The minimum Gasteiger partial charge on any atom is -0.497 e. The van der Waals surface area contributed by atoms with Gasteiger partial charge in [0.05, 0.1) is 24.5 Å². The van der Waals surface area contributed by atoms with Crippen molar-refractivity contribution in [3.05, 3.63) is 54.2 Å². The van der Waals surface area contributed by atoms with Gasteiger partial charge in [-0.1, -0.05) is 6.07 Å². The van der Waals surface area contributed by atoms with Crippen LogP contribution < -0.4 is 4.74 Å². The third-order valence-corrected chi connectivity index (χ3v) is 3.75. The van der Waals surface area contributed by atoms with Crippen LogP contribution in [0, 0.1) is 6.92 Å². The van der Waals surface area contributed by atoms with E-state index >= 15 is 0 Å². The molecule has 4 aromatic rings. The summed E-state index contributed by atoms with van der Waals surface area (Å²) in [5.41, 5.74) is 5.33. The highest BCUT2D eigenvalue weighted by Crippen LogP contribution is 2.26. The van der Waals surface area contributed by atoms with E-state index in [-0.39, 0.29) is 0 Å². The van der Waals surface area contributed by atoms with Gasteiger partial charge in [0.2, 0.25) is 0 Å². The molecule has 2 aromatic carbocycles. The molecule has 0 aliphatic carbocycles. The van der Waals surface area contributed by atoms with Gasteiger partial charge in [-0.25, -0.2) is 9.50 Å². The quantitative estimate of drug-likeness (QED) is 0.605. The topological polar surface area (TPSA) is 42.3 Å². The Morgan fingerprint density at radius 3 is 2.67 bits per heavy atom. The minimum atomic E-state index is 0.851. The van der Waals surface area contributed by atoms with Crippen molar-refractivity contribution in [1.29, 1.82) is 0 Å². The van der Waals surface area contributed by atoms with Crippen molar-refractivity contribution in [2.24, 2.45) is 0 Å². The van der Waals surface area contributed by atoms with Crippen LogP contribution in [0.25, 0.3) is 27.8 Å². The molecule has 2 aromatic heterocycles. The summed E-state index contributed by atoms with van der Waals surface area (Å²) in [7, 11) is 1.67. The first-order chi connectivity index (χ1) is 10.2. The van der Waals surface area contributed by atoms with Crippen LogP contribution in [0.15, 0.2) is 48.7 Å². The van der Waals surface area contributed by atoms with Gasteiger partial charge in [-0.2, -0.15) is 0 Å². The van der Waals surface area contributed by atoms with Crippen LogP contribution in [0.4, 0.5) is 0 Å². The summed E-state index contributed by atoms with van der Waals surface area (Å²) in [6, 6.07) is 14.3. The van der Waals surface area contributed by atoms with E-state index in [1.165, 1.54) is 5.56 Å². The maximum atomic E-state index is 5.19. The SMILES string of the molecule is COc1ccc(-c2cn3[nH]c4cc(C)ccc4c3n2)cc1. The number of rotatable bonds is 2. The van der Waals surface area contributed by atoms with Crippen molar-refractivity contribution in [3.63, 3.8) is 0 Å². The Morgan fingerprint density at radius 1 is 1.10 bits per heavy atom. The number of benzene rings is 2. The second-order valence-electron chi connectivity index (χ2n) is 5.21. The van der Waals surface area contributed by atoms with Gasteiger partial charge in [-0.3, -0.25) is 5.10 Å². The highest BCUT2D eigenvalue weighted by molar-refractivity contribution is 5.93. The van der Waals surface area contributed by atoms with E-state index in [9.17, 15) is 0 Å². The van der Waals surface area contributed by atoms with Crippen molar-refractivity contribution in [2.75, 3.05) is 7.11 Å². The number of hydrogen-bond acceptors (Lipinski definition) is 2. The molecule has 4 heteroatoms. The van der Waals surface area contributed by atoms with E-state index in [4.69, 9.17) is 9.72 Å². The summed E-state index contributed by atoms with van der Waals surface area (Å²) in [5, 5.41) is 4.50. The maximum absolute atomic E-state index is 5.19. The third-order valence-electron chi connectivity index (χ3n) is 3.75. The van der Waals surface area contributed by atoms with Crippen LogP contribution in [0.3, 0.4) is 0 Å². The molecule has 0 saturated heterocycles. The van der Waals surface area contributed by atoms with E-state index in [1.54, 1.807) is 7.11 Å². The van der Waals surface area contributed by atoms with Gasteiger partial charge in [-0.15, -0.1) is 0 Å². The molecule has 0 radical (unpaired) electrons. The van der Waals surface area contributed by atoms with Gasteiger partial charge < -0.3 is 4.74 Å². The van der Waals surface area contributed by atoms with Gasteiger partial charge in [0.15, 0.2) is 5.65 Å². The standard InChI is InChI=1S/C17H15N3O/c1-11-3-8-14-15(9-11)19-20-10-16(18-17(14)20)12-4-6-13(21-2)7-5-12/h3-10,19H,1-2H3. The summed E-state index contributed by atoms with van der Waals surface area (Å²) in [5.74, 6) is 0.851. The maximum Gasteiger partial charge on any atom is 0.161 e. The van der Waals surface area contributed by atoms with Crippen LogP contribution in [0.2, 0.25) is 0 Å². The summed E-state index contributed by atoms with van der Waals surface area (Å²) >= 11 is 0. The highest BCUT2D eigenvalue weighted by atomic mass is 16.5. The van der Waals surface area contributed by atoms with Gasteiger partial charge in [0.25, 0.3) is 0 Å². The van der Waals surface area contributed by atoms with Crippen molar-refractivity contribution in [3.8, 4) is 17.0 Å². The Kier molecular flexibility index (Phi) is 2.51. The molecular formula is C17H15N3O. The van der Waals surface area contributed by atoms with Gasteiger partial charge >= 0.3 is 0 Å². The Bertz CT molecular complexity index is 932. The highest BCUT2D eigenvalue weighted by Gasteiger charge is 2.10. The van der Waals surface area contributed by atoms with Gasteiger partial charge in [-0.05, 0) is 48.9 Å². The minimum absolute atomic E-state index is 0.851. The molecule has 0 bridgehead atoms. The molecule has 4 rings (SSSR count). The summed E-state index contributed by atoms with van der Waals surface area (Å²) in [4.78, 5) is 4.75. The van der Waals surface area contributed by atoms with Crippen LogP contribution in [0.1, 0.15) is 5.56 Å². The Morgan fingerprint density at radius 2 is 1.90 bits per heavy atom. The largest absolute Gasteiger partial charge is 0.497 e. The number of methoxy groups -OCH3 is 1. The Labute approximate surface area is 122 Å². The van der Waals surface area contributed by atoms with Crippen molar-refractivity contribution in [2.45, 2.75) is 6.92 Å². The van der Waals surface area contributed by atoms with E-state index < -0.39 is 0 Å². The number of fused-ring (bicyclic) bond motifs is 3. The molecular weight excluding hydrogens is 262 g/mol. The number of H-pyrrole nitrogens is 1. The number of ether oxygens (including phenoxy) is 1. The predicted octanol–water partition coefficient (Wildman–Crippen LogP) is 3.80. The second kappa shape index (κ2) is 4.38. The molecule has 0 aliphatic rings. The second-order valence-corrected chi connectivity index (χ2v) is 5.21. The molecule has 0 saturated carbocycles. The van der Waals surface area contributed by atoms with E-state index in [2.05, 4.69) is 30.2 Å². The van der Waals surface area contributed by atoms with E-state index in [1.807, 2.05) is 35.0 Å². The molecule has 4 nitrogen and oxygen atoms in total. The molecule has 104 valence electrons. The van der Waals surface area contributed by atoms with Crippen molar-refractivity contribution in [1.82, 2.24) is 14.6 Å². The average Bonchev–Trinajstić information content (AvgIpc) is 3.04. The summed E-state index contributed by atoms with van der Waals surface area (Å²) in [6.45, 7) is 2.09. The van der Waals surface area contributed by atoms with E-state index in [0.29, 0.717) is 0 Å². The molecule has 0 spiro atoms. The zero-order valence-electron chi connectivity index (χ0n) is 11.9. The number of imidazole rings is 1. The lowest BCUT2D eigenvalue weighted by Crippen LogP contribution is -1.83. The number of aromatic amines is 1. The first kappa shape index (κ1) is 12.0. The van der Waals surface area contributed by atoms with Crippen LogP contribution in [-0.4, -0.2) is 21.7 Å². The first-order valence-electron chi connectivity index (χ1n) is 6.86. The first-order valence-corrected chi connectivity index (χ1v) is 6.86. The number of nitrogens with one attached hydrogen (secondary N) is 1. The fraction of sp³-hybridized carbons (Fsp3) is 0.118. The number of aromatic nitrogens is 3. The fourth-order valence-corrected chi connectivity index (χ4v) is 2.63.